The number of fused-ring (bicyclic) bond motifs is 1. The van der Waals surface area contributed by atoms with Crippen LogP contribution in [-0.2, 0) is 0 Å². The Bertz CT molecular complexity index is 526. The highest BCUT2D eigenvalue weighted by Gasteiger charge is 2.11. The largest absolute Gasteiger partial charge is 0.454 e. The predicted molar refractivity (Wildman–Crippen MR) is 74.6 cm³/mol. The summed E-state index contributed by atoms with van der Waals surface area (Å²) in [6.45, 7) is 2.12. The molecule has 3 N–H and O–H groups in total. The maximum absolute atomic E-state index is 5.29. The first-order valence-corrected chi connectivity index (χ1v) is 5.73. The van der Waals surface area contributed by atoms with Gasteiger partial charge in [0.2, 0.25) is 6.79 Å². The molecule has 94 valence electrons. The lowest BCUT2D eigenvalue weighted by atomic mass is 10.2. The topological polar surface area (TPSA) is 68.9 Å². The predicted octanol–water partition coefficient (Wildman–Crippen LogP) is 1.64. The zero-order chi connectivity index (χ0) is 13.0. The first-order valence-electron chi connectivity index (χ1n) is 5.32. The number of nitrogens with two attached hydrogens (primary N) is 1. The molecule has 0 aromatic heterocycles. The highest BCUT2D eigenvalue weighted by atomic mass is 32.1. The number of nitrogens with zero attached hydrogens (tertiary/aromatic N) is 1. The molecule has 1 aromatic rings. The molecule has 18 heavy (non-hydrogen) atoms. The van der Waals surface area contributed by atoms with Crippen LogP contribution in [0.3, 0.4) is 0 Å². The molecular weight excluding hydrogens is 250 g/mol. The standard InChI is InChI=1S/C12H13N3O2S/c1-8(14-15-12(13)18)2-3-9-4-5-10-11(6-9)17-7-16-10/h2-6H,7H2,1H3,(H3,13,15,18). The van der Waals surface area contributed by atoms with E-state index in [4.69, 9.17) is 15.2 Å². The minimum absolute atomic E-state index is 0.144. The Hall–Kier alpha value is -2.08. The Kier molecular flexibility index (Phi) is 3.78. The van der Waals surface area contributed by atoms with Crippen molar-refractivity contribution in [2.75, 3.05) is 6.79 Å². The average molecular weight is 263 g/mol. The van der Waals surface area contributed by atoms with Crippen molar-refractivity contribution in [1.29, 1.82) is 0 Å². The highest BCUT2D eigenvalue weighted by Crippen LogP contribution is 2.32. The van der Waals surface area contributed by atoms with Crippen LogP contribution in [0.25, 0.3) is 6.08 Å². The number of nitrogens with one attached hydrogen (secondary N) is 1. The lowest BCUT2D eigenvalue weighted by molar-refractivity contribution is 0.174. The van der Waals surface area contributed by atoms with Crippen molar-refractivity contribution < 1.29 is 9.47 Å². The third-order valence-corrected chi connectivity index (χ3v) is 2.35. The summed E-state index contributed by atoms with van der Waals surface area (Å²) in [6.07, 6.45) is 3.77. The number of thiocarbonyl (C=S) groups is 1. The molecule has 0 amide bonds. The van der Waals surface area contributed by atoms with Crippen molar-refractivity contribution >= 4 is 29.1 Å². The van der Waals surface area contributed by atoms with Gasteiger partial charge in [0.25, 0.3) is 0 Å². The fraction of sp³-hybridized carbons (Fsp3) is 0.167. The van der Waals surface area contributed by atoms with Gasteiger partial charge in [0.05, 0.1) is 5.71 Å². The van der Waals surface area contributed by atoms with E-state index in [0.29, 0.717) is 0 Å². The van der Waals surface area contributed by atoms with Gasteiger partial charge in [0, 0.05) is 0 Å². The normalized spacial score (nSPS) is 13.9. The number of hydrazone groups is 1. The van der Waals surface area contributed by atoms with Gasteiger partial charge in [-0.3, -0.25) is 5.43 Å². The van der Waals surface area contributed by atoms with E-state index < -0.39 is 0 Å². The Morgan fingerprint density at radius 3 is 3.00 bits per heavy atom. The lowest BCUT2D eigenvalue weighted by Gasteiger charge is -1.98. The van der Waals surface area contributed by atoms with Gasteiger partial charge < -0.3 is 15.2 Å². The van der Waals surface area contributed by atoms with E-state index in [2.05, 4.69) is 22.7 Å². The van der Waals surface area contributed by atoms with Crippen molar-refractivity contribution in [3.8, 4) is 11.5 Å². The summed E-state index contributed by atoms with van der Waals surface area (Å²) in [5.74, 6) is 1.53. The number of hydrogen-bond donors (Lipinski definition) is 2. The molecule has 0 saturated heterocycles. The first-order chi connectivity index (χ1) is 8.65. The number of allylic oxidation sites excluding steroid dienone is 1. The van der Waals surface area contributed by atoms with Gasteiger partial charge in [-0.15, -0.1) is 0 Å². The third-order valence-electron chi connectivity index (χ3n) is 2.26. The van der Waals surface area contributed by atoms with E-state index in [1.54, 1.807) is 0 Å². The second-order valence-electron chi connectivity index (χ2n) is 3.68. The smallest absolute Gasteiger partial charge is 0.231 e. The van der Waals surface area contributed by atoms with Gasteiger partial charge in [0.15, 0.2) is 16.6 Å². The minimum Gasteiger partial charge on any atom is -0.454 e. The van der Waals surface area contributed by atoms with E-state index >= 15 is 0 Å². The van der Waals surface area contributed by atoms with Crippen molar-refractivity contribution in [2.24, 2.45) is 10.8 Å². The SMILES string of the molecule is CC(C=Cc1ccc2c(c1)OCO2)=NNC(N)=S. The van der Waals surface area contributed by atoms with Crippen molar-refractivity contribution in [3.05, 3.63) is 29.8 Å². The van der Waals surface area contributed by atoms with Gasteiger partial charge in [-0.2, -0.15) is 5.10 Å². The van der Waals surface area contributed by atoms with Gasteiger partial charge in [-0.25, -0.2) is 0 Å². The molecule has 1 heterocycles. The van der Waals surface area contributed by atoms with Gasteiger partial charge >= 0.3 is 0 Å². The fourth-order valence-corrected chi connectivity index (χ4v) is 1.46. The number of hydrogen-bond acceptors (Lipinski definition) is 4. The molecule has 0 fully saturated rings. The number of ether oxygens (including phenoxy) is 2. The minimum atomic E-state index is 0.144. The summed E-state index contributed by atoms with van der Waals surface area (Å²) in [5, 5.41) is 4.11. The molecule has 0 unspecified atom stereocenters. The maximum atomic E-state index is 5.29. The second-order valence-corrected chi connectivity index (χ2v) is 4.12. The molecule has 0 spiro atoms. The quantitative estimate of drug-likeness (QED) is 0.493. The third kappa shape index (κ3) is 3.21. The van der Waals surface area contributed by atoms with E-state index in [-0.39, 0.29) is 11.9 Å². The fourth-order valence-electron chi connectivity index (χ4n) is 1.41. The Balaban J connectivity index is 2.05. The van der Waals surface area contributed by atoms with Crippen molar-refractivity contribution in [1.82, 2.24) is 5.43 Å². The molecule has 0 saturated carbocycles. The van der Waals surface area contributed by atoms with E-state index in [9.17, 15) is 0 Å². The van der Waals surface area contributed by atoms with Crippen LogP contribution in [-0.4, -0.2) is 17.6 Å². The van der Waals surface area contributed by atoms with Crippen LogP contribution in [0.1, 0.15) is 12.5 Å². The Labute approximate surface area is 110 Å². The summed E-state index contributed by atoms with van der Waals surface area (Å²) >= 11 is 4.65. The zero-order valence-corrected chi connectivity index (χ0v) is 10.7. The van der Waals surface area contributed by atoms with Crippen molar-refractivity contribution in [3.63, 3.8) is 0 Å². The summed E-state index contributed by atoms with van der Waals surface area (Å²) in [5.41, 5.74) is 9.56. The van der Waals surface area contributed by atoms with Crippen LogP contribution in [0.5, 0.6) is 11.5 Å². The summed E-state index contributed by atoms with van der Waals surface area (Å²) in [6, 6.07) is 5.73. The molecule has 2 rings (SSSR count). The Morgan fingerprint density at radius 1 is 1.44 bits per heavy atom. The molecule has 1 aliphatic heterocycles. The highest BCUT2D eigenvalue weighted by molar-refractivity contribution is 7.80. The molecule has 6 heteroatoms. The Morgan fingerprint density at radius 2 is 2.22 bits per heavy atom. The van der Waals surface area contributed by atoms with E-state index in [1.165, 1.54) is 0 Å². The number of benzene rings is 1. The van der Waals surface area contributed by atoms with Gasteiger partial charge in [0.1, 0.15) is 0 Å². The molecule has 0 aliphatic carbocycles. The maximum Gasteiger partial charge on any atom is 0.231 e. The summed E-state index contributed by atoms with van der Waals surface area (Å²) < 4.78 is 10.5. The van der Waals surface area contributed by atoms with Crippen LogP contribution in [0.15, 0.2) is 29.4 Å². The monoisotopic (exact) mass is 263 g/mol. The second kappa shape index (κ2) is 5.50. The van der Waals surface area contributed by atoms with Crippen LogP contribution in [0, 0.1) is 0 Å². The average Bonchev–Trinajstić information content (AvgIpc) is 2.81. The molecule has 0 bridgehead atoms. The van der Waals surface area contributed by atoms with Crippen LogP contribution < -0.4 is 20.6 Å². The molecule has 0 radical (unpaired) electrons. The molecular formula is C12H13N3O2S. The van der Waals surface area contributed by atoms with Gasteiger partial charge in [-0.1, -0.05) is 12.1 Å². The molecule has 1 aliphatic rings. The van der Waals surface area contributed by atoms with Crippen molar-refractivity contribution in [2.45, 2.75) is 6.92 Å². The van der Waals surface area contributed by atoms with E-state index in [0.717, 1.165) is 22.8 Å². The summed E-state index contributed by atoms with van der Waals surface area (Å²) in [7, 11) is 0. The summed E-state index contributed by atoms with van der Waals surface area (Å²) in [4.78, 5) is 0. The molecule has 0 atom stereocenters. The molecule has 5 nitrogen and oxygen atoms in total. The molecule has 1 aromatic carbocycles. The van der Waals surface area contributed by atoms with E-state index in [1.807, 2.05) is 37.3 Å². The first kappa shape index (κ1) is 12.4. The zero-order valence-electron chi connectivity index (χ0n) is 9.84. The van der Waals surface area contributed by atoms with Crippen LogP contribution in [0.2, 0.25) is 0 Å². The number of rotatable bonds is 3. The van der Waals surface area contributed by atoms with Crippen LogP contribution >= 0.6 is 12.2 Å². The lowest BCUT2D eigenvalue weighted by Crippen LogP contribution is -2.24. The van der Waals surface area contributed by atoms with Gasteiger partial charge in [-0.05, 0) is 42.9 Å². The van der Waals surface area contributed by atoms with Crippen LogP contribution in [0.4, 0.5) is 0 Å².